The Morgan fingerprint density at radius 3 is 2.64 bits per heavy atom. The molecule has 0 unspecified atom stereocenters. The molecule has 138 valence electrons. The van der Waals surface area contributed by atoms with E-state index in [1.165, 1.54) is 0 Å². The lowest BCUT2D eigenvalue weighted by atomic mass is 10.0. The van der Waals surface area contributed by atoms with E-state index in [1.807, 2.05) is 0 Å². The van der Waals surface area contributed by atoms with E-state index in [-0.39, 0.29) is 24.5 Å². The number of methoxy groups -OCH3 is 1. The number of carbonyl (C=O) groups excluding carboxylic acids is 2. The lowest BCUT2D eigenvalue weighted by Gasteiger charge is -2.32. The van der Waals surface area contributed by atoms with Gasteiger partial charge in [-0.3, -0.25) is 9.59 Å². The van der Waals surface area contributed by atoms with Crippen molar-refractivity contribution in [3.8, 4) is 0 Å². The van der Waals surface area contributed by atoms with E-state index >= 15 is 0 Å². The molecule has 0 aromatic heterocycles. The molecule has 1 aromatic rings. The first-order valence-corrected chi connectivity index (χ1v) is 8.87. The first-order chi connectivity index (χ1) is 12.0. The molecule has 1 aromatic carbocycles. The quantitative estimate of drug-likeness (QED) is 0.728. The van der Waals surface area contributed by atoms with Crippen LogP contribution in [0.1, 0.15) is 23.2 Å². The summed E-state index contributed by atoms with van der Waals surface area (Å²) < 4.78 is 10.0. The summed E-state index contributed by atoms with van der Waals surface area (Å²) in [7, 11) is 1.58. The molecule has 0 atom stereocenters. The van der Waals surface area contributed by atoms with Crippen LogP contribution in [0.4, 0.5) is 0 Å². The highest BCUT2D eigenvalue weighted by atomic mass is 35.5. The summed E-state index contributed by atoms with van der Waals surface area (Å²) in [5, 5.41) is 3.79. The zero-order valence-electron chi connectivity index (χ0n) is 14.1. The van der Waals surface area contributed by atoms with Crippen molar-refractivity contribution in [1.82, 2.24) is 10.2 Å². The maximum absolute atomic E-state index is 12.6. The number of carbonyl (C=O) groups is 2. The number of nitrogens with zero attached hydrogens (tertiary/aromatic N) is 1. The van der Waals surface area contributed by atoms with E-state index in [4.69, 9.17) is 32.7 Å². The molecular weight excluding hydrogens is 367 g/mol. The summed E-state index contributed by atoms with van der Waals surface area (Å²) in [4.78, 5) is 26.1. The van der Waals surface area contributed by atoms with Crippen molar-refractivity contribution in [2.75, 3.05) is 40.0 Å². The third kappa shape index (κ3) is 6.15. The van der Waals surface area contributed by atoms with E-state index in [9.17, 15) is 9.59 Å². The van der Waals surface area contributed by atoms with Gasteiger partial charge in [0.2, 0.25) is 5.91 Å². The summed E-state index contributed by atoms with van der Waals surface area (Å²) >= 11 is 12.0. The number of hydrogen-bond acceptors (Lipinski definition) is 4. The average Bonchev–Trinajstić information content (AvgIpc) is 2.61. The number of hydrogen-bond donors (Lipinski definition) is 1. The molecule has 8 heteroatoms. The van der Waals surface area contributed by atoms with E-state index < -0.39 is 0 Å². The number of benzene rings is 1. The van der Waals surface area contributed by atoms with Crippen molar-refractivity contribution in [3.63, 3.8) is 0 Å². The fourth-order valence-electron chi connectivity index (χ4n) is 2.64. The molecule has 2 rings (SSSR count). The van der Waals surface area contributed by atoms with Crippen molar-refractivity contribution < 1.29 is 19.1 Å². The Bertz CT molecular complexity index is 604. The Morgan fingerprint density at radius 1 is 1.24 bits per heavy atom. The first-order valence-electron chi connectivity index (χ1n) is 8.11. The minimum absolute atomic E-state index is 0.0145. The number of rotatable bonds is 7. The molecule has 0 radical (unpaired) electrons. The summed E-state index contributed by atoms with van der Waals surface area (Å²) in [6.07, 6.45) is 1.38. The summed E-state index contributed by atoms with van der Waals surface area (Å²) in [6, 6.07) is 4.89. The minimum atomic E-state index is -0.154. The molecule has 1 aliphatic rings. The van der Waals surface area contributed by atoms with Crippen LogP contribution >= 0.6 is 23.2 Å². The van der Waals surface area contributed by atoms with E-state index in [2.05, 4.69) is 5.32 Å². The fourth-order valence-corrected chi connectivity index (χ4v) is 3.01. The van der Waals surface area contributed by atoms with Crippen molar-refractivity contribution in [2.45, 2.75) is 18.9 Å². The zero-order chi connectivity index (χ0) is 18.2. The topological polar surface area (TPSA) is 67.9 Å². The second-order valence-corrected chi connectivity index (χ2v) is 6.65. The SMILES string of the molecule is COCCOCC(=O)NC1CCN(C(=O)c2cc(Cl)ccc2Cl)CC1. The summed E-state index contributed by atoms with van der Waals surface area (Å²) in [5.41, 5.74) is 0.406. The van der Waals surface area contributed by atoms with Crippen molar-refractivity contribution >= 4 is 35.0 Å². The number of piperidine rings is 1. The third-order valence-electron chi connectivity index (χ3n) is 3.97. The molecule has 1 fully saturated rings. The summed E-state index contributed by atoms with van der Waals surface area (Å²) in [5.74, 6) is -0.293. The molecule has 2 amide bonds. The van der Waals surface area contributed by atoms with Crippen LogP contribution in [0.5, 0.6) is 0 Å². The fraction of sp³-hybridized carbons (Fsp3) is 0.529. The van der Waals surface area contributed by atoms with Crippen molar-refractivity contribution in [1.29, 1.82) is 0 Å². The molecule has 25 heavy (non-hydrogen) atoms. The third-order valence-corrected chi connectivity index (χ3v) is 4.54. The van der Waals surface area contributed by atoms with Gasteiger partial charge in [-0.2, -0.15) is 0 Å². The maximum atomic E-state index is 12.6. The van der Waals surface area contributed by atoms with Gasteiger partial charge >= 0.3 is 0 Å². The van der Waals surface area contributed by atoms with Crippen LogP contribution in [-0.2, 0) is 14.3 Å². The van der Waals surface area contributed by atoms with Crippen LogP contribution in [0, 0.1) is 0 Å². The number of likely N-dealkylation sites (tertiary alicyclic amines) is 1. The molecule has 6 nitrogen and oxygen atoms in total. The Kier molecular flexibility index (Phi) is 7.96. The van der Waals surface area contributed by atoms with Crippen LogP contribution in [0.15, 0.2) is 18.2 Å². The van der Waals surface area contributed by atoms with Crippen LogP contribution in [0.25, 0.3) is 0 Å². The lowest BCUT2D eigenvalue weighted by Crippen LogP contribution is -2.47. The lowest BCUT2D eigenvalue weighted by molar-refractivity contribution is -0.127. The Labute approximate surface area is 157 Å². The van der Waals surface area contributed by atoms with E-state index in [0.717, 1.165) is 0 Å². The first kappa shape index (κ1) is 20.0. The standard InChI is InChI=1S/C17H22Cl2N2O4/c1-24-8-9-25-11-16(22)20-13-4-6-21(7-5-13)17(23)14-10-12(18)2-3-15(14)19/h2-3,10,13H,4-9,11H2,1H3,(H,20,22). The summed E-state index contributed by atoms with van der Waals surface area (Å²) in [6.45, 7) is 1.96. The van der Waals surface area contributed by atoms with Gasteiger partial charge in [-0.15, -0.1) is 0 Å². The normalized spacial score (nSPS) is 15.2. The minimum Gasteiger partial charge on any atom is -0.382 e. The molecule has 0 bridgehead atoms. The molecule has 0 aliphatic carbocycles. The van der Waals surface area contributed by atoms with Crippen molar-refractivity contribution in [3.05, 3.63) is 33.8 Å². The largest absolute Gasteiger partial charge is 0.382 e. The number of halogens is 2. The molecule has 1 heterocycles. The molecule has 1 N–H and O–H groups in total. The van der Waals surface area contributed by atoms with Gasteiger partial charge < -0.3 is 19.7 Å². The number of nitrogens with one attached hydrogen (secondary N) is 1. The Balaban J connectivity index is 1.78. The van der Waals surface area contributed by atoms with Gasteiger partial charge in [-0.05, 0) is 31.0 Å². The smallest absolute Gasteiger partial charge is 0.255 e. The van der Waals surface area contributed by atoms with Crippen LogP contribution in [0.3, 0.4) is 0 Å². The Morgan fingerprint density at radius 2 is 1.96 bits per heavy atom. The predicted molar refractivity (Wildman–Crippen MR) is 96.2 cm³/mol. The highest BCUT2D eigenvalue weighted by Crippen LogP contribution is 2.23. The van der Waals surface area contributed by atoms with Gasteiger partial charge in [0.05, 0.1) is 23.8 Å². The average molecular weight is 389 g/mol. The van der Waals surface area contributed by atoms with Gasteiger partial charge in [0.1, 0.15) is 6.61 Å². The second kappa shape index (κ2) is 9.97. The predicted octanol–water partition coefficient (Wildman–Crippen LogP) is 2.38. The highest BCUT2D eigenvalue weighted by molar-refractivity contribution is 6.35. The zero-order valence-corrected chi connectivity index (χ0v) is 15.6. The van der Waals surface area contributed by atoms with Gasteiger partial charge in [0, 0.05) is 31.3 Å². The molecule has 1 aliphatic heterocycles. The van der Waals surface area contributed by atoms with Crippen LogP contribution in [-0.4, -0.2) is 62.8 Å². The van der Waals surface area contributed by atoms with E-state index in [0.29, 0.717) is 54.8 Å². The molecule has 0 saturated carbocycles. The molecular formula is C17H22Cl2N2O4. The molecule has 0 spiro atoms. The number of amides is 2. The molecule has 1 saturated heterocycles. The number of ether oxygens (including phenoxy) is 2. The van der Waals surface area contributed by atoms with Gasteiger partial charge in [0.15, 0.2) is 0 Å². The Hall–Kier alpha value is -1.34. The van der Waals surface area contributed by atoms with Gasteiger partial charge in [0.25, 0.3) is 5.91 Å². The van der Waals surface area contributed by atoms with E-state index in [1.54, 1.807) is 30.2 Å². The monoisotopic (exact) mass is 388 g/mol. The van der Waals surface area contributed by atoms with Gasteiger partial charge in [-0.25, -0.2) is 0 Å². The maximum Gasteiger partial charge on any atom is 0.255 e. The second-order valence-electron chi connectivity index (χ2n) is 5.80. The van der Waals surface area contributed by atoms with Crippen LogP contribution < -0.4 is 5.32 Å². The van der Waals surface area contributed by atoms with Crippen molar-refractivity contribution in [2.24, 2.45) is 0 Å². The van der Waals surface area contributed by atoms with Crippen LogP contribution in [0.2, 0.25) is 10.0 Å². The highest BCUT2D eigenvalue weighted by Gasteiger charge is 2.25. The van der Waals surface area contributed by atoms with Gasteiger partial charge in [-0.1, -0.05) is 23.2 Å².